The number of aromatic nitrogens is 2. The van der Waals surface area contributed by atoms with Crippen molar-refractivity contribution < 1.29 is 14.6 Å². The third-order valence-electron chi connectivity index (χ3n) is 6.33. The number of carbonyl (C=O) groups is 1. The maximum Gasteiger partial charge on any atom is 0.257 e. The van der Waals surface area contributed by atoms with E-state index in [2.05, 4.69) is 22.1 Å². The second-order valence-corrected chi connectivity index (χ2v) is 8.65. The van der Waals surface area contributed by atoms with E-state index in [0.717, 1.165) is 50.2 Å². The molecular weight excluding hydrogens is 356 g/mol. The standard InChI is InChI=1S/C21H36N4O3/c1-24(8-9-28-2)12-16-10-17(15-26)14-25(13-16)21(27)19-11-22-23-20(19)18-6-4-3-5-7-18/h11,16-18,26H,3-10,12-15H2,1-2H3,(H,22,23). The van der Waals surface area contributed by atoms with Crippen molar-refractivity contribution in [1.82, 2.24) is 20.0 Å². The lowest BCUT2D eigenvalue weighted by Crippen LogP contribution is -2.48. The zero-order chi connectivity index (χ0) is 19.9. The fourth-order valence-corrected chi connectivity index (χ4v) is 4.87. The molecule has 0 spiro atoms. The van der Waals surface area contributed by atoms with Crippen molar-refractivity contribution in [3.05, 3.63) is 17.5 Å². The monoisotopic (exact) mass is 392 g/mol. The number of piperidine rings is 1. The fourth-order valence-electron chi connectivity index (χ4n) is 4.87. The van der Waals surface area contributed by atoms with E-state index in [9.17, 15) is 9.90 Å². The van der Waals surface area contributed by atoms with Gasteiger partial charge in [-0.1, -0.05) is 19.3 Å². The van der Waals surface area contributed by atoms with Crippen LogP contribution in [0.3, 0.4) is 0 Å². The van der Waals surface area contributed by atoms with Crippen molar-refractivity contribution in [1.29, 1.82) is 0 Å². The molecule has 1 amide bonds. The van der Waals surface area contributed by atoms with Gasteiger partial charge in [-0.15, -0.1) is 0 Å². The van der Waals surface area contributed by atoms with Gasteiger partial charge >= 0.3 is 0 Å². The topological polar surface area (TPSA) is 81.7 Å². The number of methoxy groups -OCH3 is 1. The number of amides is 1. The lowest BCUT2D eigenvalue weighted by atomic mass is 9.85. The lowest BCUT2D eigenvalue weighted by Gasteiger charge is -2.38. The Bertz CT molecular complexity index is 615. The zero-order valence-electron chi connectivity index (χ0n) is 17.4. The van der Waals surface area contributed by atoms with Crippen LogP contribution in [0.4, 0.5) is 0 Å². The van der Waals surface area contributed by atoms with Crippen LogP contribution in [0.2, 0.25) is 0 Å². The van der Waals surface area contributed by atoms with E-state index in [1.165, 1.54) is 19.3 Å². The summed E-state index contributed by atoms with van der Waals surface area (Å²) in [4.78, 5) is 17.5. The first-order chi connectivity index (χ1) is 13.6. The highest BCUT2D eigenvalue weighted by atomic mass is 16.5. The molecule has 7 nitrogen and oxygen atoms in total. The summed E-state index contributed by atoms with van der Waals surface area (Å²) in [5.74, 6) is 0.993. The number of hydrogen-bond acceptors (Lipinski definition) is 5. The highest BCUT2D eigenvalue weighted by Crippen LogP contribution is 2.34. The molecule has 2 heterocycles. The zero-order valence-corrected chi connectivity index (χ0v) is 17.4. The van der Waals surface area contributed by atoms with Crippen molar-refractivity contribution in [2.75, 3.05) is 53.6 Å². The number of hydrogen-bond donors (Lipinski definition) is 2. The Morgan fingerprint density at radius 3 is 2.79 bits per heavy atom. The second kappa shape index (κ2) is 10.4. The molecule has 1 saturated heterocycles. The van der Waals surface area contributed by atoms with Gasteiger partial charge < -0.3 is 19.6 Å². The van der Waals surface area contributed by atoms with Gasteiger partial charge in [0.2, 0.25) is 0 Å². The molecule has 2 atom stereocenters. The van der Waals surface area contributed by atoms with Gasteiger partial charge in [0, 0.05) is 45.8 Å². The number of ether oxygens (including phenoxy) is 1. The summed E-state index contributed by atoms with van der Waals surface area (Å²) in [5, 5.41) is 17.1. The molecule has 2 N–H and O–H groups in total. The van der Waals surface area contributed by atoms with Crippen LogP contribution in [0.1, 0.15) is 60.5 Å². The van der Waals surface area contributed by atoms with Gasteiger partial charge in [-0.25, -0.2) is 0 Å². The summed E-state index contributed by atoms with van der Waals surface area (Å²) in [6.07, 6.45) is 8.67. The molecule has 0 radical (unpaired) electrons. The minimum atomic E-state index is 0.0667. The molecular formula is C21H36N4O3. The third-order valence-corrected chi connectivity index (χ3v) is 6.33. The predicted molar refractivity (Wildman–Crippen MR) is 108 cm³/mol. The van der Waals surface area contributed by atoms with Crippen LogP contribution in [0, 0.1) is 11.8 Å². The number of likely N-dealkylation sites (tertiary alicyclic amines) is 1. The van der Waals surface area contributed by atoms with Crippen LogP contribution in [-0.2, 0) is 4.74 Å². The number of aliphatic hydroxyl groups is 1. The molecule has 1 saturated carbocycles. The molecule has 1 aliphatic carbocycles. The van der Waals surface area contributed by atoms with Gasteiger partial charge in [0.05, 0.1) is 24.1 Å². The van der Waals surface area contributed by atoms with Crippen LogP contribution >= 0.6 is 0 Å². The van der Waals surface area contributed by atoms with Gasteiger partial charge in [-0.05, 0) is 38.1 Å². The summed E-state index contributed by atoms with van der Waals surface area (Å²) < 4.78 is 5.17. The number of aliphatic hydroxyl groups excluding tert-OH is 1. The molecule has 2 fully saturated rings. The van der Waals surface area contributed by atoms with E-state index >= 15 is 0 Å². The summed E-state index contributed by atoms with van der Waals surface area (Å²) in [5.41, 5.74) is 1.75. The fraction of sp³-hybridized carbons (Fsp3) is 0.810. The van der Waals surface area contributed by atoms with E-state index in [4.69, 9.17) is 4.74 Å². The van der Waals surface area contributed by atoms with Crippen LogP contribution in [0.5, 0.6) is 0 Å². The van der Waals surface area contributed by atoms with Gasteiger partial charge in [-0.2, -0.15) is 5.10 Å². The Balaban J connectivity index is 1.67. The summed E-state index contributed by atoms with van der Waals surface area (Å²) >= 11 is 0. The number of carbonyl (C=O) groups excluding carboxylic acids is 1. The molecule has 2 unspecified atom stereocenters. The van der Waals surface area contributed by atoms with Crippen molar-refractivity contribution in [2.45, 2.75) is 44.4 Å². The van der Waals surface area contributed by atoms with Gasteiger partial charge in [0.15, 0.2) is 0 Å². The van der Waals surface area contributed by atoms with Crippen molar-refractivity contribution in [3.8, 4) is 0 Å². The largest absolute Gasteiger partial charge is 0.396 e. The number of H-pyrrole nitrogens is 1. The molecule has 1 aromatic heterocycles. The molecule has 2 aliphatic rings. The SMILES string of the molecule is COCCN(C)CC1CC(CO)CN(C(=O)c2cn[nH]c2C2CCCCC2)C1. The number of rotatable bonds is 8. The van der Waals surface area contributed by atoms with E-state index in [0.29, 0.717) is 25.0 Å². The second-order valence-electron chi connectivity index (χ2n) is 8.65. The number of nitrogens with one attached hydrogen (secondary N) is 1. The number of likely N-dealkylation sites (N-methyl/N-ethyl adjacent to an activating group) is 1. The molecule has 1 aliphatic heterocycles. The average Bonchev–Trinajstić information content (AvgIpc) is 3.22. The quantitative estimate of drug-likeness (QED) is 0.708. The van der Waals surface area contributed by atoms with E-state index < -0.39 is 0 Å². The molecule has 7 heteroatoms. The third kappa shape index (κ3) is 5.33. The Hall–Kier alpha value is -1.44. The minimum Gasteiger partial charge on any atom is -0.396 e. The maximum absolute atomic E-state index is 13.3. The van der Waals surface area contributed by atoms with Crippen LogP contribution in [0.25, 0.3) is 0 Å². The van der Waals surface area contributed by atoms with Crippen LogP contribution in [-0.4, -0.2) is 84.6 Å². The summed E-state index contributed by atoms with van der Waals surface area (Å²) in [7, 11) is 3.80. The molecule has 3 rings (SSSR count). The number of nitrogens with zero attached hydrogens (tertiary/aromatic N) is 3. The van der Waals surface area contributed by atoms with E-state index in [1.54, 1.807) is 13.3 Å². The molecule has 28 heavy (non-hydrogen) atoms. The minimum absolute atomic E-state index is 0.0667. The first-order valence-electron chi connectivity index (χ1n) is 10.7. The van der Waals surface area contributed by atoms with Crippen LogP contribution in [0.15, 0.2) is 6.20 Å². The Labute approximate surface area is 168 Å². The average molecular weight is 393 g/mol. The summed E-state index contributed by atoms with van der Waals surface area (Å²) in [6.45, 7) is 3.98. The van der Waals surface area contributed by atoms with E-state index in [1.807, 2.05) is 4.90 Å². The van der Waals surface area contributed by atoms with E-state index in [-0.39, 0.29) is 18.4 Å². The first kappa shape index (κ1) is 21.3. The molecule has 1 aromatic rings. The Morgan fingerprint density at radius 1 is 1.32 bits per heavy atom. The van der Waals surface area contributed by atoms with Gasteiger partial charge in [0.1, 0.15) is 0 Å². The van der Waals surface area contributed by atoms with Crippen molar-refractivity contribution in [3.63, 3.8) is 0 Å². The smallest absolute Gasteiger partial charge is 0.257 e. The first-order valence-corrected chi connectivity index (χ1v) is 10.7. The highest BCUT2D eigenvalue weighted by molar-refractivity contribution is 5.95. The Morgan fingerprint density at radius 2 is 2.07 bits per heavy atom. The molecule has 158 valence electrons. The molecule has 0 aromatic carbocycles. The van der Waals surface area contributed by atoms with Crippen molar-refractivity contribution >= 4 is 5.91 Å². The normalized spacial score (nSPS) is 24.1. The summed E-state index contributed by atoms with van der Waals surface area (Å²) in [6, 6.07) is 0. The Kier molecular flexibility index (Phi) is 7.88. The van der Waals surface area contributed by atoms with Gasteiger partial charge in [-0.3, -0.25) is 9.89 Å². The van der Waals surface area contributed by atoms with Crippen LogP contribution < -0.4 is 0 Å². The maximum atomic E-state index is 13.3. The lowest BCUT2D eigenvalue weighted by molar-refractivity contribution is 0.0449. The van der Waals surface area contributed by atoms with Crippen molar-refractivity contribution in [2.24, 2.45) is 11.8 Å². The van der Waals surface area contributed by atoms with Gasteiger partial charge in [0.25, 0.3) is 5.91 Å². The number of aromatic amines is 1. The molecule has 0 bridgehead atoms. The predicted octanol–water partition coefficient (Wildman–Crippen LogP) is 2.11. The highest BCUT2D eigenvalue weighted by Gasteiger charge is 2.33.